The highest BCUT2D eigenvalue weighted by Crippen LogP contribution is 2.28. The van der Waals surface area contributed by atoms with Crippen LogP contribution in [0.4, 0.5) is 0 Å². The van der Waals surface area contributed by atoms with Crippen LogP contribution in [0.15, 0.2) is 48.8 Å². The minimum atomic E-state index is -0.512. The lowest BCUT2D eigenvalue weighted by Crippen LogP contribution is -2.25. The number of carbonyl (C=O) groups excluding carboxylic acids is 1. The molecule has 0 radical (unpaired) electrons. The van der Waals surface area contributed by atoms with E-state index in [1.54, 1.807) is 24.5 Å². The van der Waals surface area contributed by atoms with Gasteiger partial charge in [0.25, 0.3) is 0 Å². The molecule has 1 aromatic carbocycles. The van der Waals surface area contributed by atoms with Crippen LogP contribution in [0.2, 0.25) is 0 Å². The smallest absolute Gasteiger partial charge is 0.153 e. The highest BCUT2D eigenvalue weighted by molar-refractivity contribution is 5.79. The zero-order chi connectivity index (χ0) is 13.0. The Hall–Kier alpha value is -2.16. The van der Waals surface area contributed by atoms with Crippen molar-refractivity contribution in [3.8, 4) is 5.75 Å². The third-order valence-electron chi connectivity index (χ3n) is 2.79. The second kappa shape index (κ2) is 5.00. The van der Waals surface area contributed by atoms with Gasteiger partial charge in [0.15, 0.2) is 6.29 Å². The standard InChI is InChI=1S/C15H15NO2/c1-15(2,13-7-9-16-10-8-13)18-14-6-4-3-5-12(14)11-17/h3-11H,1-2H3. The average molecular weight is 241 g/mol. The van der Waals surface area contributed by atoms with Gasteiger partial charge in [0.2, 0.25) is 0 Å². The zero-order valence-corrected chi connectivity index (χ0v) is 10.5. The van der Waals surface area contributed by atoms with Crippen molar-refractivity contribution in [1.82, 2.24) is 4.98 Å². The van der Waals surface area contributed by atoms with Crippen LogP contribution in [0.1, 0.15) is 29.8 Å². The van der Waals surface area contributed by atoms with E-state index in [-0.39, 0.29) is 0 Å². The molecular formula is C15H15NO2. The van der Waals surface area contributed by atoms with Crippen LogP contribution in [0.5, 0.6) is 5.75 Å². The van der Waals surface area contributed by atoms with E-state index in [1.807, 2.05) is 38.1 Å². The lowest BCUT2D eigenvalue weighted by atomic mass is 9.99. The minimum Gasteiger partial charge on any atom is -0.482 e. The van der Waals surface area contributed by atoms with Gasteiger partial charge in [-0.15, -0.1) is 0 Å². The first kappa shape index (κ1) is 12.3. The molecular weight excluding hydrogens is 226 g/mol. The van der Waals surface area contributed by atoms with Gasteiger partial charge >= 0.3 is 0 Å². The first-order valence-corrected chi connectivity index (χ1v) is 5.77. The number of hydrogen-bond donors (Lipinski definition) is 0. The van der Waals surface area contributed by atoms with Crippen molar-refractivity contribution in [3.63, 3.8) is 0 Å². The number of nitrogens with zero attached hydrogens (tertiary/aromatic N) is 1. The molecule has 2 rings (SSSR count). The number of aldehydes is 1. The summed E-state index contributed by atoms with van der Waals surface area (Å²) in [5.41, 5.74) is 1.06. The van der Waals surface area contributed by atoms with Crippen molar-refractivity contribution >= 4 is 6.29 Å². The summed E-state index contributed by atoms with van der Waals surface area (Å²) >= 11 is 0. The Labute approximate surface area is 106 Å². The Balaban J connectivity index is 2.30. The molecule has 0 aliphatic heterocycles. The number of rotatable bonds is 4. The van der Waals surface area contributed by atoms with Crippen molar-refractivity contribution in [2.45, 2.75) is 19.4 Å². The van der Waals surface area contributed by atoms with Gasteiger partial charge in [-0.25, -0.2) is 0 Å². The summed E-state index contributed by atoms with van der Waals surface area (Å²) in [6.07, 6.45) is 4.26. The van der Waals surface area contributed by atoms with Crippen LogP contribution in [0, 0.1) is 0 Å². The molecule has 0 fully saturated rings. The number of aromatic nitrogens is 1. The van der Waals surface area contributed by atoms with Crippen molar-refractivity contribution in [2.75, 3.05) is 0 Å². The summed E-state index contributed by atoms with van der Waals surface area (Å²) in [5.74, 6) is 0.592. The fraction of sp³-hybridized carbons (Fsp3) is 0.200. The molecule has 2 aromatic rings. The van der Waals surface area contributed by atoms with Crippen molar-refractivity contribution in [1.29, 1.82) is 0 Å². The molecule has 0 saturated carbocycles. The normalized spacial score (nSPS) is 11.0. The Morgan fingerprint density at radius 1 is 1.11 bits per heavy atom. The lowest BCUT2D eigenvalue weighted by Gasteiger charge is -2.27. The Morgan fingerprint density at radius 3 is 2.44 bits per heavy atom. The lowest BCUT2D eigenvalue weighted by molar-refractivity contribution is 0.102. The maximum atomic E-state index is 11.0. The quantitative estimate of drug-likeness (QED) is 0.771. The van der Waals surface area contributed by atoms with E-state index in [0.717, 1.165) is 11.8 Å². The topological polar surface area (TPSA) is 39.2 Å². The average Bonchev–Trinajstić information content (AvgIpc) is 2.40. The highest BCUT2D eigenvalue weighted by atomic mass is 16.5. The number of hydrogen-bond acceptors (Lipinski definition) is 3. The zero-order valence-electron chi connectivity index (χ0n) is 10.5. The Kier molecular flexibility index (Phi) is 3.42. The molecule has 0 saturated heterocycles. The van der Waals surface area contributed by atoms with Crippen molar-refractivity contribution < 1.29 is 9.53 Å². The van der Waals surface area contributed by atoms with Crippen molar-refractivity contribution in [2.24, 2.45) is 0 Å². The van der Waals surface area contributed by atoms with Crippen LogP contribution in [-0.4, -0.2) is 11.3 Å². The van der Waals surface area contributed by atoms with Gasteiger partial charge in [-0.2, -0.15) is 0 Å². The van der Waals surface area contributed by atoms with Gasteiger partial charge in [-0.3, -0.25) is 9.78 Å². The van der Waals surface area contributed by atoms with Crippen LogP contribution >= 0.6 is 0 Å². The van der Waals surface area contributed by atoms with Gasteiger partial charge in [-0.05, 0) is 43.7 Å². The Morgan fingerprint density at radius 2 is 1.78 bits per heavy atom. The van der Waals surface area contributed by atoms with Crippen LogP contribution < -0.4 is 4.74 Å². The predicted molar refractivity (Wildman–Crippen MR) is 69.7 cm³/mol. The fourth-order valence-electron chi connectivity index (χ4n) is 1.76. The second-order valence-electron chi connectivity index (χ2n) is 4.50. The number of para-hydroxylation sites is 1. The molecule has 0 atom stereocenters. The van der Waals surface area contributed by atoms with E-state index in [1.165, 1.54) is 0 Å². The molecule has 92 valence electrons. The van der Waals surface area contributed by atoms with Crippen LogP contribution in [0.3, 0.4) is 0 Å². The van der Waals surface area contributed by atoms with Crippen LogP contribution in [0.25, 0.3) is 0 Å². The summed E-state index contributed by atoms with van der Waals surface area (Å²) in [7, 11) is 0. The molecule has 0 aliphatic rings. The SMILES string of the molecule is CC(C)(Oc1ccccc1C=O)c1ccncc1. The van der Waals surface area contributed by atoms with Gasteiger partial charge in [0.05, 0.1) is 5.56 Å². The van der Waals surface area contributed by atoms with E-state index >= 15 is 0 Å². The maximum Gasteiger partial charge on any atom is 0.153 e. The molecule has 0 bridgehead atoms. The molecule has 1 aromatic heterocycles. The van der Waals surface area contributed by atoms with E-state index in [9.17, 15) is 4.79 Å². The third kappa shape index (κ3) is 2.56. The summed E-state index contributed by atoms with van der Waals surface area (Å²) in [5, 5.41) is 0. The van der Waals surface area contributed by atoms with E-state index in [0.29, 0.717) is 11.3 Å². The monoisotopic (exact) mass is 241 g/mol. The third-order valence-corrected chi connectivity index (χ3v) is 2.79. The molecule has 0 spiro atoms. The minimum absolute atomic E-state index is 0.512. The summed E-state index contributed by atoms with van der Waals surface area (Å²) in [6, 6.07) is 11.0. The van der Waals surface area contributed by atoms with E-state index < -0.39 is 5.60 Å². The molecule has 0 N–H and O–H groups in total. The Bertz CT molecular complexity index is 535. The van der Waals surface area contributed by atoms with E-state index in [2.05, 4.69) is 4.98 Å². The summed E-state index contributed by atoms with van der Waals surface area (Å²) in [4.78, 5) is 14.9. The van der Waals surface area contributed by atoms with Gasteiger partial charge in [0, 0.05) is 12.4 Å². The number of benzene rings is 1. The number of ether oxygens (including phenoxy) is 1. The summed E-state index contributed by atoms with van der Waals surface area (Å²) in [6.45, 7) is 3.92. The van der Waals surface area contributed by atoms with Crippen LogP contribution in [-0.2, 0) is 5.60 Å². The molecule has 0 unspecified atom stereocenters. The molecule has 18 heavy (non-hydrogen) atoms. The predicted octanol–water partition coefficient (Wildman–Crippen LogP) is 3.21. The fourth-order valence-corrected chi connectivity index (χ4v) is 1.76. The maximum absolute atomic E-state index is 11.0. The second-order valence-corrected chi connectivity index (χ2v) is 4.50. The highest BCUT2D eigenvalue weighted by Gasteiger charge is 2.23. The number of carbonyl (C=O) groups is 1. The first-order chi connectivity index (χ1) is 8.63. The van der Waals surface area contributed by atoms with E-state index in [4.69, 9.17) is 4.74 Å². The molecule has 3 heteroatoms. The number of pyridine rings is 1. The summed E-state index contributed by atoms with van der Waals surface area (Å²) < 4.78 is 5.95. The van der Waals surface area contributed by atoms with Gasteiger partial charge in [-0.1, -0.05) is 12.1 Å². The molecule has 0 aliphatic carbocycles. The van der Waals surface area contributed by atoms with Gasteiger partial charge in [0.1, 0.15) is 11.4 Å². The molecule has 0 amide bonds. The van der Waals surface area contributed by atoms with Gasteiger partial charge < -0.3 is 4.74 Å². The largest absolute Gasteiger partial charge is 0.482 e. The molecule has 1 heterocycles. The molecule has 3 nitrogen and oxygen atoms in total. The first-order valence-electron chi connectivity index (χ1n) is 5.77. The van der Waals surface area contributed by atoms with Crippen molar-refractivity contribution in [3.05, 3.63) is 59.9 Å².